The molecule has 1 aromatic heterocycles. The van der Waals surface area contributed by atoms with E-state index in [2.05, 4.69) is 327 Å². The Balaban J connectivity index is 0.997. The van der Waals surface area contributed by atoms with Crippen molar-refractivity contribution < 1.29 is 4.42 Å². The Labute approximate surface area is 508 Å². The maximum absolute atomic E-state index is 6.67. The molecule has 86 heavy (non-hydrogen) atoms. The van der Waals surface area contributed by atoms with Crippen LogP contribution in [0.1, 0.15) is 104 Å². The molecule has 3 heterocycles. The second-order valence-corrected chi connectivity index (χ2v) is 27.8. The Morgan fingerprint density at radius 2 is 0.930 bits per heavy atom. The van der Waals surface area contributed by atoms with Crippen LogP contribution in [0.4, 0.5) is 51.2 Å². The Bertz CT molecular complexity index is 4610. The highest BCUT2D eigenvalue weighted by molar-refractivity contribution is 7.00. The molecular formula is C81H72BN3O. The summed E-state index contributed by atoms with van der Waals surface area (Å²) in [7, 11) is 0. The molecule has 0 saturated heterocycles. The molecule has 0 spiro atoms. The number of fused-ring (bicyclic) bond motifs is 10. The molecule has 4 nitrogen and oxygen atoms in total. The molecule has 0 fully saturated rings. The summed E-state index contributed by atoms with van der Waals surface area (Å²) < 4.78 is 6.67. The van der Waals surface area contributed by atoms with Crippen LogP contribution in [0.15, 0.2) is 241 Å². The highest BCUT2D eigenvalue weighted by atomic mass is 16.3. The zero-order valence-corrected chi connectivity index (χ0v) is 51.3. The lowest BCUT2D eigenvalue weighted by Crippen LogP contribution is -2.61. The number of hydrogen-bond acceptors (Lipinski definition) is 4. The fraction of sp³-hybridized carbons (Fsp3) is 0.185. The Kier molecular flexibility index (Phi) is 12.0. The predicted molar refractivity (Wildman–Crippen MR) is 367 cm³/mol. The van der Waals surface area contributed by atoms with Gasteiger partial charge >= 0.3 is 0 Å². The summed E-state index contributed by atoms with van der Waals surface area (Å²) in [6, 6.07) is 89.4. The van der Waals surface area contributed by atoms with Gasteiger partial charge in [-0.25, -0.2) is 0 Å². The van der Waals surface area contributed by atoms with Crippen molar-refractivity contribution in [1.82, 2.24) is 0 Å². The predicted octanol–water partition coefficient (Wildman–Crippen LogP) is 20.7. The largest absolute Gasteiger partial charge is 0.455 e. The van der Waals surface area contributed by atoms with E-state index in [4.69, 9.17) is 4.42 Å². The third-order valence-electron chi connectivity index (χ3n) is 18.9. The fourth-order valence-electron chi connectivity index (χ4n) is 14.2. The minimum absolute atomic E-state index is 0.00550. The van der Waals surface area contributed by atoms with Crippen molar-refractivity contribution in [1.29, 1.82) is 0 Å². The van der Waals surface area contributed by atoms with Gasteiger partial charge in [0.25, 0.3) is 6.71 Å². The molecule has 11 aromatic carbocycles. The van der Waals surface area contributed by atoms with Crippen LogP contribution in [0, 0.1) is 0 Å². The molecule has 0 bridgehead atoms. The van der Waals surface area contributed by atoms with Gasteiger partial charge in [-0.1, -0.05) is 228 Å². The third kappa shape index (κ3) is 8.56. The van der Waals surface area contributed by atoms with Gasteiger partial charge < -0.3 is 19.1 Å². The number of benzene rings is 11. The van der Waals surface area contributed by atoms with Crippen LogP contribution in [0.25, 0.3) is 55.3 Å². The van der Waals surface area contributed by atoms with Crippen molar-refractivity contribution in [2.45, 2.75) is 97.8 Å². The van der Waals surface area contributed by atoms with E-state index in [9.17, 15) is 0 Å². The Hall–Kier alpha value is -9.32. The van der Waals surface area contributed by atoms with E-state index < -0.39 is 0 Å². The second kappa shape index (κ2) is 19.4. The maximum atomic E-state index is 6.67. The van der Waals surface area contributed by atoms with E-state index in [-0.39, 0.29) is 28.4 Å². The molecule has 0 atom stereocenters. The highest BCUT2D eigenvalue weighted by Crippen LogP contribution is 2.53. The lowest BCUT2D eigenvalue weighted by molar-refractivity contribution is 0.590. The van der Waals surface area contributed by atoms with Crippen molar-refractivity contribution in [3.63, 3.8) is 0 Å². The van der Waals surface area contributed by atoms with Gasteiger partial charge in [0.05, 0.1) is 0 Å². The number of rotatable bonds is 7. The first-order valence-electron chi connectivity index (χ1n) is 30.7. The van der Waals surface area contributed by atoms with Gasteiger partial charge in [-0.15, -0.1) is 0 Å². The molecule has 0 unspecified atom stereocenters. The number of nitrogens with zero attached hydrogens (tertiary/aromatic N) is 3. The molecule has 420 valence electrons. The molecule has 0 amide bonds. The molecule has 0 radical (unpaired) electrons. The van der Waals surface area contributed by atoms with Crippen molar-refractivity contribution in [3.05, 3.63) is 264 Å². The molecule has 1 aliphatic carbocycles. The average molecular weight is 1110 g/mol. The van der Waals surface area contributed by atoms with E-state index in [1.54, 1.807) is 0 Å². The first kappa shape index (κ1) is 53.4. The van der Waals surface area contributed by atoms with Crippen molar-refractivity contribution >= 4 is 96.2 Å². The van der Waals surface area contributed by atoms with Gasteiger partial charge in [-0.3, -0.25) is 0 Å². The summed E-state index contributed by atoms with van der Waals surface area (Å²) in [6.07, 6.45) is 0. The monoisotopic (exact) mass is 1110 g/mol. The van der Waals surface area contributed by atoms with Crippen molar-refractivity contribution in [3.8, 4) is 33.4 Å². The van der Waals surface area contributed by atoms with Crippen molar-refractivity contribution in [2.75, 3.05) is 14.7 Å². The van der Waals surface area contributed by atoms with Crippen LogP contribution in [0.2, 0.25) is 0 Å². The summed E-state index contributed by atoms with van der Waals surface area (Å²) in [6.45, 7) is 25.5. The minimum atomic E-state index is -0.205. The summed E-state index contributed by atoms with van der Waals surface area (Å²) in [5.74, 6) is 0. The van der Waals surface area contributed by atoms with Crippen LogP contribution >= 0.6 is 0 Å². The molecule has 15 rings (SSSR count). The zero-order chi connectivity index (χ0) is 59.2. The smallest absolute Gasteiger partial charge is 0.252 e. The summed E-state index contributed by atoms with van der Waals surface area (Å²) >= 11 is 0. The topological polar surface area (TPSA) is 22.9 Å². The Morgan fingerprint density at radius 1 is 0.372 bits per heavy atom. The van der Waals surface area contributed by atoms with Gasteiger partial charge in [-0.2, -0.15) is 0 Å². The summed E-state index contributed by atoms with van der Waals surface area (Å²) in [5, 5.41) is 2.25. The van der Waals surface area contributed by atoms with Crippen LogP contribution < -0.4 is 31.1 Å². The summed E-state index contributed by atoms with van der Waals surface area (Å²) in [5.41, 5.74) is 29.3. The van der Waals surface area contributed by atoms with Crippen molar-refractivity contribution in [2.24, 2.45) is 0 Å². The maximum Gasteiger partial charge on any atom is 0.252 e. The summed E-state index contributed by atoms with van der Waals surface area (Å²) in [4.78, 5) is 7.65. The van der Waals surface area contributed by atoms with Crippen LogP contribution in [0.3, 0.4) is 0 Å². The van der Waals surface area contributed by atoms with Gasteiger partial charge in [0, 0.05) is 72.9 Å². The number of anilines is 9. The van der Waals surface area contributed by atoms with E-state index in [0.717, 1.165) is 67.2 Å². The van der Waals surface area contributed by atoms with E-state index >= 15 is 0 Å². The fourth-order valence-corrected chi connectivity index (χ4v) is 14.2. The van der Waals surface area contributed by atoms with Crippen LogP contribution in [-0.2, 0) is 21.7 Å². The quantitative estimate of drug-likeness (QED) is 0.148. The standard InChI is InChI=1S/C81H72BN3O/c1-78(2,3)54-31-37-57(38-32-54)83(58-39-33-55(34-40-58)79(4,5)6)61-42-44-69-72(50-61)84(59-35-28-52(29-36-59)62-24-19-25-66-65-23-16-18-27-75(65)86-77(62)66)73-47-56(80(7,8)9)48-74-76(73)82(69)70-46-53(51-20-13-12-14-21-51)30-45-71(70)85(74)60-41-43-64-63-22-15-17-26-67(63)81(10,11)68(64)49-60/h12-50H,1-11H3. The van der Waals surface area contributed by atoms with Gasteiger partial charge in [-0.05, 0) is 173 Å². The zero-order valence-electron chi connectivity index (χ0n) is 51.3. The first-order chi connectivity index (χ1) is 41.3. The molecule has 12 aromatic rings. The Morgan fingerprint density at radius 3 is 1.60 bits per heavy atom. The normalized spacial score (nSPS) is 14.0. The molecule has 0 saturated carbocycles. The third-order valence-corrected chi connectivity index (χ3v) is 18.9. The van der Waals surface area contributed by atoms with Gasteiger partial charge in [0.2, 0.25) is 0 Å². The lowest BCUT2D eigenvalue weighted by atomic mass is 9.33. The first-order valence-corrected chi connectivity index (χ1v) is 30.7. The number of para-hydroxylation sites is 2. The van der Waals surface area contributed by atoms with E-state index in [0.29, 0.717) is 0 Å². The van der Waals surface area contributed by atoms with E-state index in [1.165, 1.54) is 83.5 Å². The second-order valence-electron chi connectivity index (χ2n) is 27.8. The lowest BCUT2D eigenvalue weighted by Gasteiger charge is -2.45. The highest BCUT2D eigenvalue weighted by Gasteiger charge is 2.45. The van der Waals surface area contributed by atoms with E-state index in [1.807, 2.05) is 0 Å². The van der Waals surface area contributed by atoms with Crippen LogP contribution in [-0.4, -0.2) is 6.71 Å². The molecule has 3 aliphatic rings. The molecule has 0 N–H and O–H groups in total. The van der Waals surface area contributed by atoms with Gasteiger partial charge in [0.15, 0.2) is 0 Å². The molecule has 5 heteroatoms. The molecular weight excluding hydrogens is 1040 g/mol. The molecule has 2 aliphatic heterocycles. The average Bonchev–Trinajstić information content (AvgIpc) is 0.808. The SMILES string of the molecule is CC(C)(C)c1ccc(N(c2ccc(C(C)(C)C)cc2)c2ccc3c(c2)N(c2ccc(-c4cccc5c4oc4ccccc45)cc2)c2cc(C(C)(C)C)cc4c2B3c2cc(-c3ccccc3)ccc2N4c2ccc3c(c2)C(C)(C)c2ccccc2-3)cc1. The minimum Gasteiger partial charge on any atom is -0.455 e. The number of furan rings is 1. The van der Waals surface area contributed by atoms with Crippen LogP contribution in [0.5, 0.6) is 0 Å². The number of hydrogen-bond donors (Lipinski definition) is 0. The van der Waals surface area contributed by atoms with Gasteiger partial charge in [0.1, 0.15) is 11.2 Å².